The highest BCUT2D eigenvalue weighted by Crippen LogP contribution is 2.49. The lowest BCUT2D eigenvalue weighted by Gasteiger charge is -2.34. The van der Waals surface area contributed by atoms with Gasteiger partial charge in [-0.3, -0.25) is 9.48 Å². The normalized spacial score (nSPS) is 24.5. The number of carbonyl (C=O) groups is 1. The zero-order valence-corrected chi connectivity index (χ0v) is 19.0. The summed E-state index contributed by atoms with van der Waals surface area (Å²) in [5.74, 6) is 3.04. The number of aromatic nitrogens is 5. The Hall–Kier alpha value is -2.90. The van der Waals surface area contributed by atoms with Crippen molar-refractivity contribution in [3.8, 4) is 0 Å². The molecule has 1 N–H and O–H groups in total. The van der Waals surface area contributed by atoms with Gasteiger partial charge in [0, 0.05) is 32.4 Å². The fourth-order valence-electron chi connectivity index (χ4n) is 5.75. The van der Waals surface area contributed by atoms with Crippen LogP contribution in [0, 0.1) is 5.92 Å². The summed E-state index contributed by atoms with van der Waals surface area (Å²) in [6.45, 7) is 3.56. The quantitative estimate of drug-likeness (QED) is 0.651. The molecule has 0 aromatic carbocycles. The predicted molar refractivity (Wildman–Crippen MR) is 125 cm³/mol. The number of amides is 1. The zero-order valence-electron chi connectivity index (χ0n) is 19.0. The van der Waals surface area contributed by atoms with Crippen LogP contribution in [0.25, 0.3) is 11.2 Å². The summed E-state index contributed by atoms with van der Waals surface area (Å²) in [4.78, 5) is 30.7. The number of rotatable bonds is 5. The van der Waals surface area contributed by atoms with E-state index in [0.717, 1.165) is 87.5 Å². The molecular weight excluding hydrogens is 414 g/mol. The number of anilines is 1. The van der Waals surface area contributed by atoms with Crippen molar-refractivity contribution in [3.05, 3.63) is 35.9 Å². The van der Waals surface area contributed by atoms with E-state index >= 15 is 0 Å². The van der Waals surface area contributed by atoms with Crippen LogP contribution in [0.4, 0.5) is 5.82 Å². The van der Waals surface area contributed by atoms with Gasteiger partial charge in [-0.05, 0) is 75.0 Å². The number of nitrogens with zero attached hydrogens (tertiary/aromatic N) is 6. The Kier molecular flexibility index (Phi) is 4.33. The highest BCUT2D eigenvalue weighted by atomic mass is 16.2. The molecule has 2 saturated heterocycles. The number of pyridine rings is 1. The van der Waals surface area contributed by atoms with Crippen molar-refractivity contribution in [3.63, 3.8) is 0 Å². The number of fused-ring (bicyclic) bond motifs is 1. The Morgan fingerprint density at radius 1 is 1.03 bits per heavy atom. The third-order valence-electron chi connectivity index (χ3n) is 8.09. The maximum Gasteiger partial charge on any atom is 0.227 e. The van der Waals surface area contributed by atoms with E-state index < -0.39 is 0 Å². The van der Waals surface area contributed by atoms with Crippen LogP contribution in [0.2, 0.25) is 0 Å². The van der Waals surface area contributed by atoms with Crippen LogP contribution in [0.3, 0.4) is 0 Å². The van der Waals surface area contributed by atoms with Crippen LogP contribution in [-0.4, -0.2) is 61.7 Å². The summed E-state index contributed by atoms with van der Waals surface area (Å²) in [5, 5.41) is 4.70. The smallest absolute Gasteiger partial charge is 0.227 e. The molecule has 0 radical (unpaired) electrons. The molecule has 33 heavy (non-hydrogen) atoms. The second-order valence-electron chi connectivity index (χ2n) is 10.5. The number of likely N-dealkylation sites (tertiary alicyclic amines) is 1. The minimum atomic E-state index is -0.146. The van der Waals surface area contributed by atoms with E-state index in [-0.39, 0.29) is 11.5 Å². The molecule has 1 unspecified atom stereocenters. The number of H-pyrrole nitrogens is 1. The SMILES string of the molecule is O=C(C1CCCN(c2ccc3nc(C4(n5cc(C6CC6)cn5)CC4)[nH]c3n2)C1)N1CCCC1. The summed E-state index contributed by atoms with van der Waals surface area (Å²) in [6.07, 6.45) is 13.2. The van der Waals surface area contributed by atoms with E-state index in [9.17, 15) is 4.79 Å². The molecule has 0 spiro atoms. The Morgan fingerprint density at radius 3 is 2.67 bits per heavy atom. The second-order valence-corrected chi connectivity index (χ2v) is 10.5. The van der Waals surface area contributed by atoms with Crippen molar-refractivity contribution in [1.29, 1.82) is 0 Å². The minimum absolute atomic E-state index is 0.0851. The minimum Gasteiger partial charge on any atom is -0.356 e. The summed E-state index contributed by atoms with van der Waals surface area (Å²) < 4.78 is 2.12. The van der Waals surface area contributed by atoms with E-state index in [1.165, 1.54) is 18.4 Å². The molecule has 4 aliphatic rings. The lowest BCUT2D eigenvalue weighted by atomic mass is 9.96. The van der Waals surface area contributed by atoms with Crippen LogP contribution in [0.15, 0.2) is 24.5 Å². The van der Waals surface area contributed by atoms with Gasteiger partial charge in [0.25, 0.3) is 0 Å². The Labute approximate surface area is 193 Å². The predicted octanol–water partition coefficient (Wildman–Crippen LogP) is 3.41. The van der Waals surface area contributed by atoms with E-state index in [0.29, 0.717) is 11.8 Å². The molecule has 4 fully saturated rings. The van der Waals surface area contributed by atoms with Crippen molar-refractivity contribution in [2.24, 2.45) is 5.92 Å². The molecule has 2 aliphatic heterocycles. The number of aromatic amines is 1. The monoisotopic (exact) mass is 445 g/mol. The van der Waals surface area contributed by atoms with Crippen LogP contribution >= 0.6 is 0 Å². The van der Waals surface area contributed by atoms with Crippen molar-refractivity contribution in [2.45, 2.75) is 62.8 Å². The number of imidazole rings is 1. The zero-order chi connectivity index (χ0) is 22.0. The summed E-state index contributed by atoms with van der Waals surface area (Å²) >= 11 is 0. The van der Waals surface area contributed by atoms with Crippen LogP contribution in [0.1, 0.15) is 68.7 Å². The standard InChI is InChI=1S/C25H31N7O/c33-23(30-11-1-2-12-30)18-4-3-13-31(15-18)21-8-7-20-22(28-21)29-24(27-20)25(9-10-25)32-16-19(14-26-32)17-5-6-17/h7-8,14,16-18H,1-6,9-13,15H2,(H,27,28,29). The third kappa shape index (κ3) is 3.33. The molecule has 8 nitrogen and oxygen atoms in total. The van der Waals surface area contributed by atoms with Gasteiger partial charge in [-0.25, -0.2) is 9.97 Å². The lowest BCUT2D eigenvalue weighted by molar-refractivity contribution is -0.134. The summed E-state index contributed by atoms with van der Waals surface area (Å²) in [7, 11) is 0. The first kappa shape index (κ1) is 19.6. The maximum atomic E-state index is 12.9. The first-order valence-corrected chi connectivity index (χ1v) is 12.7. The maximum absolute atomic E-state index is 12.9. The van der Waals surface area contributed by atoms with Crippen LogP contribution < -0.4 is 4.90 Å². The van der Waals surface area contributed by atoms with E-state index in [1.807, 2.05) is 6.20 Å². The molecule has 0 bridgehead atoms. The average Bonchev–Trinajstić information content (AvgIpc) is 3.67. The Balaban J connectivity index is 1.13. The average molecular weight is 446 g/mol. The van der Waals surface area contributed by atoms with Crippen molar-refractivity contribution >= 4 is 22.9 Å². The lowest BCUT2D eigenvalue weighted by Crippen LogP contribution is -2.44. The van der Waals surface area contributed by atoms with Gasteiger partial charge < -0.3 is 14.8 Å². The van der Waals surface area contributed by atoms with Gasteiger partial charge in [0.15, 0.2) is 5.65 Å². The van der Waals surface area contributed by atoms with Gasteiger partial charge in [0.2, 0.25) is 5.91 Å². The molecule has 1 amide bonds. The molecule has 3 aromatic heterocycles. The largest absolute Gasteiger partial charge is 0.356 e. The van der Waals surface area contributed by atoms with E-state index in [1.54, 1.807) is 0 Å². The third-order valence-corrected chi connectivity index (χ3v) is 8.09. The van der Waals surface area contributed by atoms with Gasteiger partial charge in [-0.2, -0.15) is 5.10 Å². The molecule has 172 valence electrons. The fraction of sp³-hybridized carbons (Fsp3) is 0.600. The van der Waals surface area contributed by atoms with E-state index in [2.05, 4.69) is 37.8 Å². The first-order chi connectivity index (χ1) is 16.2. The number of hydrogen-bond donors (Lipinski definition) is 1. The van der Waals surface area contributed by atoms with Crippen molar-refractivity contribution < 1.29 is 4.79 Å². The number of carbonyl (C=O) groups excluding carboxylic acids is 1. The number of piperidine rings is 1. The molecule has 2 aliphatic carbocycles. The number of nitrogens with one attached hydrogen (secondary N) is 1. The summed E-state index contributed by atoms with van der Waals surface area (Å²) in [6, 6.07) is 4.13. The Morgan fingerprint density at radius 2 is 1.88 bits per heavy atom. The topological polar surface area (TPSA) is 82.9 Å². The fourth-order valence-corrected chi connectivity index (χ4v) is 5.75. The molecule has 7 rings (SSSR count). The highest BCUT2D eigenvalue weighted by Gasteiger charge is 2.50. The van der Waals surface area contributed by atoms with Gasteiger partial charge >= 0.3 is 0 Å². The molecule has 8 heteroatoms. The van der Waals surface area contributed by atoms with Gasteiger partial charge in [-0.15, -0.1) is 0 Å². The molecule has 1 atom stereocenters. The molecule has 5 heterocycles. The molecule has 2 saturated carbocycles. The highest BCUT2D eigenvalue weighted by molar-refractivity contribution is 5.80. The number of hydrogen-bond acceptors (Lipinski definition) is 5. The summed E-state index contributed by atoms with van der Waals surface area (Å²) in [5.41, 5.74) is 2.94. The van der Waals surface area contributed by atoms with Gasteiger partial charge in [0.05, 0.1) is 12.1 Å². The van der Waals surface area contributed by atoms with E-state index in [4.69, 9.17) is 15.1 Å². The van der Waals surface area contributed by atoms with Gasteiger partial charge in [-0.1, -0.05) is 0 Å². The first-order valence-electron chi connectivity index (χ1n) is 12.7. The Bertz CT molecular complexity index is 1200. The van der Waals surface area contributed by atoms with Gasteiger partial charge in [0.1, 0.15) is 22.7 Å². The van der Waals surface area contributed by atoms with Crippen LogP contribution in [0.5, 0.6) is 0 Å². The van der Waals surface area contributed by atoms with Crippen molar-refractivity contribution in [2.75, 3.05) is 31.1 Å². The molecule has 3 aromatic rings. The molecular formula is C25H31N7O. The van der Waals surface area contributed by atoms with Crippen molar-refractivity contribution in [1.82, 2.24) is 29.6 Å². The van der Waals surface area contributed by atoms with Crippen LogP contribution in [-0.2, 0) is 10.3 Å². The second kappa shape index (κ2) is 7.30.